The highest BCUT2D eigenvalue weighted by Gasteiger charge is 2.22. The number of rotatable bonds is 9. The molecule has 1 heterocycles. The van der Waals surface area contributed by atoms with Gasteiger partial charge in [0.15, 0.2) is 0 Å². The summed E-state index contributed by atoms with van der Waals surface area (Å²) in [4.78, 5) is 19.5. The fourth-order valence-corrected chi connectivity index (χ4v) is 3.51. The molecular weight excluding hydrogens is 340 g/mol. The molecule has 0 radical (unpaired) electrons. The molecule has 0 saturated carbocycles. The number of para-hydroxylation sites is 1. The van der Waals surface area contributed by atoms with E-state index in [-0.39, 0.29) is 11.9 Å². The number of piperidine rings is 1. The lowest BCUT2D eigenvalue weighted by Crippen LogP contribution is -2.48. The number of likely N-dealkylation sites (N-methyl/N-ethyl adjacent to an activating group) is 2. The Bertz CT molecular complexity index is 587. The quantitative estimate of drug-likeness (QED) is 0.710. The van der Waals surface area contributed by atoms with E-state index in [9.17, 15) is 4.79 Å². The van der Waals surface area contributed by atoms with Crippen LogP contribution in [0.3, 0.4) is 0 Å². The van der Waals surface area contributed by atoms with Crippen LogP contribution in [-0.2, 0) is 11.3 Å². The molecule has 0 spiro atoms. The Hall–Kier alpha value is -1.63. The van der Waals surface area contributed by atoms with Gasteiger partial charge in [0.2, 0.25) is 5.91 Å². The van der Waals surface area contributed by atoms with Gasteiger partial charge in [0, 0.05) is 31.2 Å². The second-order valence-corrected chi connectivity index (χ2v) is 7.70. The zero-order valence-corrected chi connectivity index (χ0v) is 17.6. The second kappa shape index (κ2) is 10.6. The maximum atomic E-state index is 12.5. The first-order chi connectivity index (χ1) is 12.9. The number of likely N-dealkylation sites (tertiary alicyclic amines) is 1. The molecule has 1 aromatic rings. The number of ether oxygens (including phenoxy) is 1. The van der Waals surface area contributed by atoms with Crippen molar-refractivity contribution in [2.45, 2.75) is 38.4 Å². The minimum atomic E-state index is -0.161. The van der Waals surface area contributed by atoms with Crippen LogP contribution in [0.15, 0.2) is 24.3 Å². The van der Waals surface area contributed by atoms with Gasteiger partial charge in [0.1, 0.15) is 5.75 Å². The highest BCUT2D eigenvalue weighted by atomic mass is 16.5. The van der Waals surface area contributed by atoms with E-state index in [2.05, 4.69) is 34.1 Å². The number of benzene rings is 1. The first-order valence-electron chi connectivity index (χ1n) is 9.91. The van der Waals surface area contributed by atoms with E-state index >= 15 is 0 Å². The lowest BCUT2D eigenvalue weighted by atomic mass is 10.0. The van der Waals surface area contributed by atoms with Crippen molar-refractivity contribution < 1.29 is 9.53 Å². The van der Waals surface area contributed by atoms with Crippen LogP contribution in [0.2, 0.25) is 0 Å². The van der Waals surface area contributed by atoms with Crippen LogP contribution >= 0.6 is 0 Å². The van der Waals surface area contributed by atoms with Gasteiger partial charge in [0.25, 0.3) is 0 Å². The van der Waals surface area contributed by atoms with Gasteiger partial charge < -0.3 is 19.9 Å². The maximum Gasteiger partial charge on any atom is 0.237 e. The van der Waals surface area contributed by atoms with Crippen LogP contribution in [0.25, 0.3) is 0 Å². The van der Waals surface area contributed by atoms with E-state index in [1.54, 1.807) is 7.11 Å². The Balaban J connectivity index is 1.75. The van der Waals surface area contributed by atoms with Crippen LogP contribution in [-0.4, -0.2) is 87.1 Å². The predicted octanol–water partition coefficient (Wildman–Crippen LogP) is 1.66. The average molecular weight is 377 g/mol. The summed E-state index contributed by atoms with van der Waals surface area (Å²) in [5.74, 6) is 0.851. The molecule has 152 valence electrons. The molecule has 0 aromatic heterocycles. The highest BCUT2D eigenvalue weighted by Crippen LogP contribution is 2.17. The smallest absolute Gasteiger partial charge is 0.237 e. The molecule has 1 amide bonds. The van der Waals surface area contributed by atoms with E-state index in [0.717, 1.165) is 24.4 Å². The summed E-state index contributed by atoms with van der Waals surface area (Å²) in [6.07, 6.45) is 2.46. The molecule has 27 heavy (non-hydrogen) atoms. The molecule has 6 heteroatoms. The SMILES string of the molecule is COc1ccccc1CNC(=O)[C@@H](C)N(C)CCN(C)C1CCN(C)CC1. The molecule has 2 rings (SSSR count). The van der Waals surface area contributed by atoms with E-state index in [0.29, 0.717) is 12.6 Å². The summed E-state index contributed by atoms with van der Waals surface area (Å²) in [7, 11) is 8.07. The van der Waals surface area contributed by atoms with Gasteiger partial charge in [-0.3, -0.25) is 9.69 Å². The van der Waals surface area contributed by atoms with Crippen molar-refractivity contribution in [3.8, 4) is 5.75 Å². The molecule has 1 atom stereocenters. The summed E-state index contributed by atoms with van der Waals surface area (Å²) in [5, 5.41) is 3.03. The Morgan fingerprint density at radius 2 is 1.93 bits per heavy atom. The summed E-state index contributed by atoms with van der Waals surface area (Å²) in [5.41, 5.74) is 0.991. The molecule has 1 fully saturated rings. The monoisotopic (exact) mass is 376 g/mol. The van der Waals surface area contributed by atoms with Crippen molar-refractivity contribution >= 4 is 5.91 Å². The molecule has 1 saturated heterocycles. The lowest BCUT2D eigenvalue weighted by Gasteiger charge is -2.36. The zero-order valence-electron chi connectivity index (χ0n) is 17.6. The fraction of sp³-hybridized carbons (Fsp3) is 0.667. The van der Waals surface area contributed by atoms with Crippen molar-refractivity contribution in [3.05, 3.63) is 29.8 Å². The molecule has 1 N–H and O–H groups in total. The number of nitrogens with one attached hydrogen (secondary N) is 1. The van der Waals surface area contributed by atoms with Crippen molar-refractivity contribution in [2.75, 3.05) is 54.4 Å². The fourth-order valence-electron chi connectivity index (χ4n) is 3.51. The van der Waals surface area contributed by atoms with E-state index < -0.39 is 0 Å². The Morgan fingerprint density at radius 1 is 1.26 bits per heavy atom. The number of amides is 1. The Morgan fingerprint density at radius 3 is 2.59 bits per heavy atom. The second-order valence-electron chi connectivity index (χ2n) is 7.70. The van der Waals surface area contributed by atoms with Crippen LogP contribution in [0.5, 0.6) is 5.75 Å². The highest BCUT2D eigenvalue weighted by molar-refractivity contribution is 5.81. The number of methoxy groups -OCH3 is 1. The topological polar surface area (TPSA) is 48.1 Å². The number of hydrogen-bond acceptors (Lipinski definition) is 5. The van der Waals surface area contributed by atoms with Gasteiger partial charge in [-0.2, -0.15) is 0 Å². The van der Waals surface area contributed by atoms with E-state index in [4.69, 9.17) is 4.74 Å². The van der Waals surface area contributed by atoms with Crippen LogP contribution in [0, 0.1) is 0 Å². The van der Waals surface area contributed by atoms with Crippen LogP contribution < -0.4 is 10.1 Å². The van der Waals surface area contributed by atoms with Crippen molar-refractivity contribution in [2.24, 2.45) is 0 Å². The van der Waals surface area contributed by atoms with Crippen molar-refractivity contribution in [3.63, 3.8) is 0 Å². The molecule has 1 aliphatic heterocycles. The molecular formula is C21H36N4O2. The first-order valence-corrected chi connectivity index (χ1v) is 9.91. The van der Waals surface area contributed by atoms with Crippen molar-refractivity contribution in [1.82, 2.24) is 20.0 Å². The molecule has 6 nitrogen and oxygen atoms in total. The predicted molar refractivity (Wildman–Crippen MR) is 110 cm³/mol. The van der Waals surface area contributed by atoms with Gasteiger partial charge in [-0.25, -0.2) is 0 Å². The first kappa shape index (κ1) is 21.7. The average Bonchev–Trinajstić information content (AvgIpc) is 2.70. The molecule has 0 bridgehead atoms. The zero-order chi connectivity index (χ0) is 19.8. The van der Waals surface area contributed by atoms with E-state index in [1.807, 2.05) is 38.2 Å². The van der Waals surface area contributed by atoms with Gasteiger partial charge in [0.05, 0.1) is 13.2 Å². The summed E-state index contributed by atoms with van der Waals surface area (Å²) in [6, 6.07) is 8.27. The summed E-state index contributed by atoms with van der Waals surface area (Å²) in [6.45, 7) is 6.66. The lowest BCUT2D eigenvalue weighted by molar-refractivity contribution is -0.125. The van der Waals surface area contributed by atoms with Gasteiger partial charge >= 0.3 is 0 Å². The number of carbonyl (C=O) groups excluding carboxylic acids is 1. The number of hydrogen-bond donors (Lipinski definition) is 1. The Labute approximate surface area is 164 Å². The third-order valence-electron chi connectivity index (χ3n) is 5.80. The van der Waals surface area contributed by atoms with E-state index in [1.165, 1.54) is 25.9 Å². The minimum Gasteiger partial charge on any atom is -0.496 e. The maximum absolute atomic E-state index is 12.5. The third-order valence-corrected chi connectivity index (χ3v) is 5.80. The number of carbonyl (C=O) groups is 1. The molecule has 1 aromatic carbocycles. The minimum absolute atomic E-state index is 0.0466. The summed E-state index contributed by atoms with van der Waals surface area (Å²) >= 11 is 0. The third kappa shape index (κ3) is 6.48. The Kier molecular flexibility index (Phi) is 8.54. The van der Waals surface area contributed by atoms with Crippen molar-refractivity contribution in [1.29, 1.82) is 0 Å². The largest absolute Gasteiger partial charge is 0.496 e. The molecule has 0 unspecified atom stereocenters. The number of nitrogens with zero attached hydrogens (tertiary/aromatic N) is 3. The van der Waals surface area contributed by atoms with Crippen LogP contribution in [0.4, 0.5) is 0 Å². The molecule has 1 aliphatic rings. The standard InChI is InChI=1S/C21H36N4O2/c1-17(21(26)22-16-18-8-6-7-9-20(18)27-5)24(3)14-15-25(4)19-10-12-23(2)13-11-19/h6-9,17,19H,10-16H2,1-5H3,(H,22,26)/t17-/m1/s1. The van der Waals surface area contributed by atoms with Crippen LogP contribution in [0.1, 0.15) is 25.3 Å². The molecule has 0 aliphatic carbocycles. The van der Waals surface area contributed by atoms with Gasteiger partial charge in [-0.05, 0) is 60.1 Å². The normalized spacial score (nSPS) is 17.3. The summed E-state index contributed by atoms with van der Waals surface area (Å²) < 4.78 is 5.34. The van der Waals surface area contributed by atoms with Gasteiger partial charge in [-0.1, -0.05) is 18.2 Å². The van der Waals surface area contributed by atoms with Gasteiger partial charge in [-0.15, -0.1) is 0 Å².